The highest BCUT2D eigenvalue weighted by Gasteiger charge is 2.13. The fourth-order valence-electron chi connectivity index (χ4n) is 2.96. The van der Waals surface area contributed by atoms with Crippen molar-refractivity contribution in [1.82, 2.24) is 10.3 Å². The molecule has 0 radical (unpaired) electrons. The van der Waals surface area contributed by atoms with Gasteiger partial charge in [-0.1, -0.05) is 18.2 Å². The maximum atomic E-state index is 4.05. The molecule has 1 aromatic heterocycles. The van der Waals surface area contributed by atoms with Crippen molar-refractivity contribution in [3.63, 3.8) is 0 Å². The lowest BCUT2D eigenvalue weighted by molar-refractivity contribution is 0.576. The number of benzene rings is 1. The molecule has 2 nitrogen and oxygen atoms in total. The monoisotopic (exact) mass is 266 g/mol. The van der Waals surface area contributed by atoms with Crippen molar-refractivity contribution in [2.24, 2.45) is 0 Å². The summed E-state index contributed by atoms with van der Waals surface area (Å²) in [5, 5.41) is 3.62. The number of hydrogen-bond acceptors (Lipinski definition) is 2. The molecule has 0 fully saturated rings. The smallest absolute Gasteiger partial charge is 0.0292 e. The zero-order chi connectivity index (χ0) is 13.8. The maximum absolute atomic E-state index is 4.05. The van der Waals surface area contributed by atoms with Crippen LogP contribution in [0.5, 0.6) is 0 Å². The van der Waals surface area contributed by atoms with Crippen LogP contribution in [-0.2, 0) is 19.3 Å². The Bertz CT molecular complexity index is 563. The second-order valence-corrected chi connectivity index (χ2v) is 5.66. The number of pyridine rings is 1. The number of hydrogen-bond donors (Lipinski definition) is 1. The summed E-state index contributed by atoms with van der Waals surface area (Å²) in [4.78, 5) is 4.05. The van der Waals surface area contributed by atoms with Gasteiger partial charge in [0.2, 0.25) is 0 Å². The zero-order valence-electron chi connectivity index (χ0n) is 12.1. The molecular formula is C18H22N2. The summed E-state index contributed by atoms with van der Waals surface area (Å²) in [6.45, 7) is 3.26. The van der Waals surface area contributed by atoms with Crippen molar-refractivity contribution >= 4 is 0 Å². The molecule has 1 aliphatic rings. The van der Waals surface area contributed by atoms with Crippen LogP contribution in [0.2, 0.25) is 0 Å². The number of nitrogens with zero attached hydrogens (tertiary/aromatic N) is 1. The Hall–Kier alpha value is -1.67. The second-order valence-electron chi connectivity index (χ2n) is 5.66. The maximum Gasteiger partial charge on any atom is 0.0292 e. The van der Waals surface area contributed by atoms with E-state index < -0.39 is 0 Å². The summed E-state index contributed by atoms with van der Waals surface area (Å²) in [6.07, 6.45) is 8.62. The molecule has 0 aliphatic heterocycles. The van der Waals surface area contributed by atoms with Crippen LogP contribution in [0.3, 0.4) is 0 Å². The zero-order valence-corrected chi connectivity index (χ0v) is 12.1. The van der Waals surface area contributed by atoms with Crippen LogP contribution in [0.4, 0.5) is 0 Å². The summed E-state index contributed by atoms with van der Waals surface area (Å²) >= 11 is 0. The largest absolute Gasteiger partial charge is 0.310 e. The molecule has 3 rings (SSSR count). The predicted molar refractivity (Wildman–Crippen MR) is 82.8 cm³/mol. The highest BCUT2D eigenvalue weighted by Crippen LogP contribution is 2.25. The molecule has 2 heteroatoms. The number of fused-ring (bicyclic) bond motifs is 1. The predicted octanol–water partition coefficient (Wildman–Crippen LogP) is 3.46. The van der Waals surface area contributed by atoms with Crippen LogP contribution in [-0.4, -0.2) is 11.5 Å². The number of rotatable bonds is 5. The average Bonchev–Trinajstić information content (AvgIpc) is 2.95. The van der Waals surface area contributed by atoms with E-state index in [0.29, 0.717) is 6.04 Å². The molecule has 1 aromatic carbocycles. The molecular weight excluding hydrogens is 244 g/mol. The molecule has 1 atom stereocenters. The molecule has 0 amide bonds. The summed E-state index contributed by atoms with van der Waals surface area (Å²) in [7, 11) is 0. The van der Waals surface area contributed by atoms with Gasteiger partial charge in [0.15, 0.2) is 0 Å². The quantitative estimate of drug-likeness (QED) is 0.896. The molecule has 1 N–H and O–H groups in total. The Morgan fingerprint density at radius 2 is 1.90 bits per heavy atom. The van der Waals surface area contributed by atoms with Crippen molar-refractivity contribution in [3.8, 4) is 0 Å². The lowest BCUT2D eigenvalue weighted by Gasteiger charge is -2.15. The summed E-state index contributed by atoms with van der Waals surface area (Å²) in [5.74, 6) is 0. The van der Waals surface area contributed by atoms with Crippen molar-refractivity contribution in [2.45, 2.75) is 38.6 Å². The number of aromatic nitrogens is 1. The Morgan fingerprint density at radius 1 is 1.10 bits per heavy atom. The Morgan fingerprint density at radius 3 is 2.75 bits per heavy atom. The molecule has 2 aromatic rings. The van der Waals surface area contributed by atoms with Gasteiger partial charge < -0.3 is 5.32 Å². The third kappa shape index (κ3) is 3.07. The SMILES string of the molecule is CC(NCCc1ccncc1)c1ccc2c(c1)CCC2. The van der Waals surface area contributed by atoms with Gasteiger partial charge in [-0.15, -0.1) is 0 Å². The van der Waals surface area contributed by atoms with Crippen LogP contribution in [0, 0.1) is 0 Å². The van der Waals surface area contributed by atoms with Gasteiger partial charge in [0, 0.05) is 18.4 Å². The van der Waals surface area contributed by atoms with Crippen LogP contribution < -0.4 is 5.32 Å². The Balaban J connectivity index is 1.55. The van der Waals surface area contributed by atoms with Crippen LogP contribution in [0.1, 0.15) is 41.6 Å². The molecule has 1 heterocycles. The van der Waals surface area contributed by atoms with E-state index >= 15 is 0 Å². The molecule has 104 valence electrons. The van der Waals surface area contributed by atoms with Crippen molar-refractivity contribution < 1.29 is 0 Å². The summed E-state index contributed by atoms with van der Waals surface area (Å²) < 4.78 is 0. The average molecular weight is 266 g/mol. The second kappa shape index (κ2) is 6.19. The normalized spacial score (nSPS) is 15.1. The lowest BCUT2D eigenvalue weighted by atomic mass is 10.0. The first-order chi connectivity index (χ1) is 9.83. The third-order valence-electron chi connectivity index (χ3n) is 4.24. The van der Waals surface area contributed by atoms with Gasteiger partial charge >= 0.3 is 0 Å². The summed E-state index contributed by atoms with van der Waals surface area (Å²) in [5.41, 5.74) is 5.87. The molecule has 0 bridgehead atoms. The highest BCUT2D eigenvalue weighted by atomic mass is 14.9. The summed E-state index contributed by atoms with van der Waals surface area (Å²) in [6, 6.07) is 11.6. The minimum Gasteiger partial charge on any atom is -0.310 e. The van der Waals surface area contributed by atoms with Crippen molar-refractivity contribution in [3.05, 3.63) is 65.0 Å². The van der Waals surface area contributed by atoms with E-state index in [-0.39, 0.29) is 0 Å². The molecule has 1 aliphatic carbocycles. The van der Waals surface area contributed by atoms with Crippen molar-refractivity contribution in [1.29, 1.82) is 0 Å². The third-order valence-corrected chi connectivity index (χ3v) is 4.24. The first-order valence-corrected chi connectivity index (χ1v) is 7.57. The van der Waals surface area contributed by atoms with E-state index in [1.165, 1.54) is 30.4 Å². The first-order valence-electron chi connectivity index (χ1n) is 7.57. The van der Waals surface area contributed by atoms with E-state index in [9.17, 15) is 0 Å². The van der Waals surface area contributed by atoms with E-state index in [2.05, 4.69) is 47.6 Å². The number of aryl methyl sites for hydroxylation is 2. The fourth-order valence-corrected chi connectivity index (χ4v) is 2.96. The Labute approximate surface area is 121 Å². The highest BCUT2D eigenvalue weighted by molar-refractivity contribution is 5.36. The minimum atomic E-state index is 0.419. The molecule has 0 saturated heterocycles. The van der Waals surface area contributed by atoms with Crippen LogP contribution in [0.25, 0.3) is 0 Å². The fraction of sp³-hybridized carbons (Fsp3) is 0.389. The van der Waals surface area contributed by atoms with E-state index in [0.717, 1.165) is 13.0 Å². The minimum absolute atomic E-state index is 0.419. The molecule has 0 spiro atoms. The van der Waals surface area contributed by atoms with Gasteiger partial charge in [-0.3, -0.25) is 4.98 Å². The van der Waals surface area contributed by atoms with Crippen LogP contribution in [0.15, 0.2) is 42.7 Å². The molecule has 20 heavy (non-hydrogen) atoms. The first kappa shape index (κ1) is 13.3. The van der Waals surface area contributed by atoms with Gasteiger partial charge in [-0.25, -0.2) is 0 Å². The van der Waals surface area contributed by atoms with Crippen LogP contribution >= 0.6 is 0 Å². The van der Waals surface area contributed by atoms with Gasteiger partial charge in [0.25, 0.3) is 0 Å². The van der Waals surface area contributed by atoms with Crippen molar-refractivity contribution in [2.75, 3.05) is 6.54 Å². The van der Waals surface area contributed by atoms with Gasteiger partial charge in [0.05, 0.1) is 0 Å². The lowest BCUT2D eigenvalue weighted by Crippen LogP contribution is -2.21. The van der Waals surface area contributed by atoms with E-state index in [1.54, 1.807) is 11.1 Å². The van der Waals surface area contributed by atoms with E-state index in [4.69, 9.17) is 0 Å². The Kier molecular flexibility index (Phi) is 4.12. The van der Waals surface area contributed by atoms with Gasteiger partial charge in [-0.2, -0.15) is 0 Å². The standard InChI is InChI=1S/C18H22N2/c1-14(20-12-9-15-7-10-19-11-8-15)17-6-5-16-3-2-4-18(16)13-17/h5-8,10-11,13-14,20H,2-4,9,12H2,1H3. The van der Waals surface area contributed by atoms with Gasteiger partial charge in [-0.05, 0) is 73.5 Å². The number of nitrogens with one attached hydrogen (secondary N) is 1. The molecule has 0 saturated carbocycles. The topological polar surface area (TPSA) is 24.9 Å². The van der Waals surface area contributed by atoms with E-state index in [1.807, 2.05) is 12.4 Å². The molecule has 1 unspecified atom stereocenters. The van der Waals surface area contributed by atoms with Gasteiger partial charge in [0.1, 0.15) is 0 Å².